The lowest BCUT2D eigenvalue weighted by molar-refractivity contribution is 0.184. The maximum atomic E-state index is 4.54. The molecule has 146 valence electrons. The van der Waals surface area contributed by atoms with Crippen molar-refractivity contribution >= 4 is 49.5 Å². The minimum Gasteiger partial charge on any atom is -0.261 e. The predicted octanol–water partition coefficient (Wildman–Crippen LogP) is 6.44. The first-order chi connectivity index (χ1) is 13.5. The average molecular weight is 457 g/mol. The third-order valence-corrected chi connectivity index (χ3v) is 7.84. The van der Waals surface area contributed by atoms with Crippen molar-refractivity contribution in [2.24, 2.45) is 16.4 Å². The highest BCUT2D eigenvalue weighted by Gasteiger charge is 2.33. The van der Waals surface area contributed by atoms with Crippen molar-refractivity contribution in [3.05, 3.63) is 51.1 Å². The largest absolute Gasteiger partial charge is 0.261 e. The van der Waals surface area contributed by atoms with Gasteiger partial charge in [0.15, 0.2) is 5.82 Å². The molecule has 1 atom stereocenters. The summed E-state index contributed by atoms with van der Waals surface area (Å²) in [6, 6.07) is 8.06. The number of hydrogen-bond acceptors (Lipinski definition) is 5. The van der Waals surface area contributed by atoms with Crippen LogP contribution in [0.3, 0.4) is 0 Å². The van der Waals surface area contributed by atoms with Crippen molar-refractivity contribution in [1.82, 2.24) is 9.97 Å². The van der Waals surface area contributed by atoms with Crippen LogP contribution in [0.1, 0.15) is 49.6 Å². The average Bonchev–Trinajstić information content (AvgIpc) is 3.08. The lowest BCUT2D eigenvalue weighted by Crippen LogP contribution is -2.28. The molecule has 1 N–H and O–H groups in total. The molecule has 2 aromatic heterocycles. The molecule has 0 radical (unpaired) electrons. The minimum absolute atomic E-state index is 0.356. The van der Waals surface area contributed by atoms with Gasteiger partial charge in [-0.3, -0.25) is 5.43 Å². The summed E-state index contributed by atoms with van der Waals surface area (Å²) in [4.78, 5) is 11.6. The Balaban J connectivity index is 1.63. The van der Waals surface area contributed by atoms with Crippen LogP contribution in [0.5, 0.6) is 0 Å². The zero-order valence-corrected chi connectivity index (χ0v) is 18.9. The Bertz CT molecular complexity index is 1010. The van der Waals surface area contributed by atoms with Crippen LogP contribution in [0, 0.1) is 11.3 Å². The first kappa shape index (κ1) is 19.5. The van der Waals surface area contributed by atoms with E-state index in [1.54, 1.807) is 6.33 Å². The van der Waals surface area contributed by atoms with Crippen LogP contribution in [0.25, 0.3) is 10.2 Å². The number of hydrazone groups is 1. The van der Waals surface area contributed by atoms with Crippen LogP contribution < -0.4 is 5.43 Å². The van der Waals surface area contributed by atoms with Gasteiger partial charge in [0.2, 0.25) is 0 Å². The zero-order chi connectivity index (χ0) is 19.7. The quantitative estimate of drug-likeness (QED) is 0.354. The van der Waals surface area contributed by atoms with E-state index in [0.29, 0.717) is 11.3 Å². The number of benzene rings is 1. The Morgan fingerprint density at radius 3 is 2.82 bits per heavy atom. The number of thiophene rings is 1. The lowest BCUT2D eigenvalue weighted by atomic mass is 9.69. The molecule has 1 aliphatic carbocycles. The third-order valence-electron chi connectivity index (χ3n) is 6.11. The Labute approximate surface area is 178 Å². The number of anilines is 1. The molecule has 4 rings (SSSR count). The first-order valence-electron chi connectivity index (χ1n) is 9.78. The summed E-state index contributed by atoms with van der Waals surface area (Å²) in [5, 5.41) is 5.59. The van der Waals surface area contributed by atoms with Crippen molar-refractivity contribution in [3.63, 3.8) is 0 Å². The van der Waals surface area contributed by atoms with Crippen LogP contribution in [0.15, 0.2) is 40.2 Å². The van der Waals surface area contributed by atoms with Crippen molar-refractivity contribution in [3.8, 4) is 0 Å². The summed E-state index contributed by atoms with van der Waals surface area (Å²) in [6.07, 6.45) is 8.17. The summed E-state index contributed by atoms with van der Waals surface area (Å²) in [7, 11) is 0. The second kappa shape index (κ2) is 7.91. The summed E-state index contributed by atoms with van der Waals surface area (Å²) < 4.78 is 1.06. The summed E-state index contributed by atoms with van der Waals surface area (Å²) >= 11 is 5.27. The molecular weight excluding hydrogens is 432 g/mol. The first-order valence-corrected chi connectivity index (χ1v) is 11.4. The molecule has 2 heterocycles. The van der Waals surface area contributed by atoms with E-state index in [-0.39, 0.29) is 0 Å². The zero-order valence-electron chi connectivity index (χ0n) is 16.5. The number of halogens is 1. The van der Waals surface area contributed by atoms with Gasteiger partial charge in [0.05, 0.1) is 11.6 Å². The molecule has 0 aliphatic heterocycles. The van der Waals surface area contributed by atoms with Gasteiger partial charge < -0.3 is 0 Å². The maximum Gasteiger partial charge on any atom is 0.158 e. The number of rotatable bonds is 5. The number of nitrogens with zero attached hydrogens (tertiary/aromatic N) is 3. The van der Waals surface area contributed by atoms with Gasteiger partial charge >= 0.3 is 0 Å². The molecule has 0 saturated heterocycles. The van der Waals surface area contributed by atoms with Gasteiger partial charge in [0, 0.05) is 9.35 Å². The van der Waals surface area contributed by atoms with Gasteiger partial charge in [-0.25, -0.2) is 9.97 Å². The van der Waals surface area contributed by atoms with Gasteiger partial charge in [0.1, 0.15) is 11.2 Å². The van der Waals surface area contributed by atoms with Crippen LogP contribution in [0.4, 0.5) is 5.82 Å². The third kappa shape index (κ3) is 3.85. The highest BCUT2D eigenvalue weighted by atomic mass is 79.9. The molecule has 4 nitrogen and oxygen atoms in total. The molecular formula is C22H25BrN4S. The van der Waals surface area contributed by atoms with Crippen molar-refractivity contribution in [2.45, 2.75) is 46.5 Å². The van der Waals surface area contributed by atoms with E-state index in [9.17, 15) is 0 Å². The molecule has 1 unspecified atom stereocenters. The summed E-state index contributed by atoms with van der Waals surface area (Å²) in [6.45, 7) is 7.10. The molecule has 1 aromatic carbocycles. The van der Waals surface area contributed by atoms with E-state index in [2.05, 4.69) is 57.2 Å². The van der Waals surface area contributed by atoms with Gasteiger partial charge in [0.25, 0.3) is 0 Å². The van der Waals surface area contributed by atoms with Gasteiger partial charge in [-0.1, -0.05) is 55.3 Å². The summed E-state index contributed by atoms with van der Waals surface area (Å²) in [5.74, 6) is 1.51. The molecule has 28 heavy (non-hydrogen) atoms. The fourth-order valence-corrected chi connectivity index (χ4v) is 5.31. The topological polar surface area (TPSA) is 50.2 Å². The standard InChI is InChI=1S/C22H25BrN4S/c1-4-22(2,3)15-7-10-18-17(11-15)19-20(24-13-25-21(19)28-18)27-26-12-14-5-8-16(23)9-6-14/h5-6,8-9,12-13,15H,4,7,10-11H2,1-3H3,(H,24,25,27)/b26-12-. The fraction of sp³-hybridized carbons (Fsp3) is 0.409. The second-order valence-electron chi connectivity index (χ2n) is 8.11. The Morgan fingerprint density at radius 2 is 2.07 bits per heavy atom. The summed E-state index contributed by atoms with van der Waals surface area (Å²) in [5.41, 5.74) is 5.99. The van der Waals surface area contributed by atoms with E-state index < -0.39 is 0 Å². The van der Waals surface area contributed by atoms with Crippen LogP contribution >= 0.6 is 27.3 Å². The molecule has 0 spiro atoms. The lowest BCUT2D eigenvalue weighted by Gasteiger charge is -2.36. The number of fused-ring (bicyclic) bond motifs is 3. The number of aryl methyl sites for hydroxylation is 1. The van der Waals surface area contributed by atoms with E-state index in [0.717, 1.165) is 38.9 Å². The Kier molecular flexibility index (Phi) is 5.52. The van der Waals surface area contributed by atoms with Crippen molar-refractivity contribution < 1.29 is 0 Å². The molecule has 3 aromatic rings. The van der Waals surface area contributed by atoms with E-state index >= 15 is 0 Å². The second-order valence-corrected chi connectivity index (χ2v) is 10.1. The Morgan fingerprint density at radius 1 is 1.29 bits per heavy atom. The fourth-order valence-electron chi connectivity index (χ4n) is 3.87. The smallest absolute Gasteiger partial charge is 0.158 e. The van der Waals surface area contributed by atoms with Gasteiger partial charge in [-0.2, -0.15) is 5.10 Å². The highest BCUT2D eigenvalue weighted by Crippen LogP contribution is 2.45. The number of nitrogens with one attached hydrogen (secondary N) is 1. The molecule has 0 bridgehead atoms. The van der Waals surface area contributed by atoms with E-state index in [4.69, 9.17) is 0 Å². The molecule has 1 aliphatic rings. The van der Waals surface area contributed by atoms with E-state index in [1.807, 2.05) is 41.8 Å². The number of hydrogen-bond donors (Lipinski definition) is 1. The van der Waals surface area contributed by atoms with Gasteiger partial charge in [-0.15, -0.1) is 11.3 Å². The monoisotopic (exact) mass is 456 g/mol. The number of aromatic nitrogens is 2. The molecule has 0 amide bonds. The highest BCUT2D eigenvalue weighted by molar-refractivity contribution is 9.10. The van der Waals surface area contributed by atoms with E-state index in [1.165, 1.54) is 23.3 Å². The SMILES string of the molecule is CCC(C)(C)C1CCc2sc3ncnc(N/N=C\c4ccc(Br)cc4)c3c2C1. The molecule has 0 fully saturated rings. The minimum atomic E-state index is 0.356. The van der Waals surface area contributed by atoms with Crippen LogP contribution in [-0.2, 0) is 12.8 Å². The van der Waals surface area contributed by atoms with Crippen LogP contribution in [0.2, 0.25) is 0 Å². The van der Waals surface area contributed by atoms with Gasteiger partial charge in [-0.05, 0) is 53.9 Å². The predicted molar refractivity (Wildman–Crippen MR) is 122 cm³/mol. The van der Waals surface area contributed by atoms with Crippen LogP contribution in [-0.4, -0.2) is 16.2 Å². The van der Waals surface area contributed by atoms with Crippen molar-refractivity contribution in [1.29, 1.82) is 0 Å². The Hall–Kier alpha value is -1.79. The molecule has 0 saturated carbocycles. The normalized spacial score (nSPS) is 17.2. The maximum absolute atomic E-state index is 4.54. The molecule has 6 heteroatoms. The van der Waals surface area contributed by atoms with Crippen molar-refractivity contribution in [2.75, 3.05) is 5.43 Å².